The van der Waals surface area contributed by atoms with Gasteiger partial charge in [-0.15, -0.1) is 0 Å². The van der Waals surface area contributed by atoms with E-state index in [1.54, 1.807) is 12.1 Å². The van der Waals surface area contributed by atoms with Crippen LogP contribution in [0.2, 0.25) is 0 Å². The second-order valence-corrected chi connectivity index (χ2v) is 4.52. The number of hydrogen-bond donors (Lipinski definition) is 3. The molecule has 1 aromatic carbocycles. The zero-order valence-electron chi connectivity index (χ0n) is 11.2. The fraction of sp³-hybridized carbons (Fsp3) is 0.385. The van der Waals surface area contributed by atoms with E-state index < -0.39 is 17.5 Å². The van der Waals surface area contributed by atoms with Gasteiger partial charge in [0, 0.05) is 12.8 Å². The minimum absolute atomic E-state index is 0.121. The molecule has 3 N–H and O–H groups in total. The van der Waals surface area contributed by atoms with Gasteiger partial charge in [0.25, 0.3) is 0 Å². The third-order valence-electron chi connectivity index (χ3n) is 2.60. The van der Waals surface area contributed by atoms with Crippen LogP contribution in [0.4, 0.5) is 10.5 Å². The number of anilines is 1. The lowest BCUT2D eigenvalue weighted by Crippen LogP contribution is -2.56. The molecule has 0 aliphatic carbocycles. The Labute approximate surface area is 111 Å². The largest absolute Gasteiger partial charge is 0.479 e. The molecule has 0 aliphatic heterocycles. The summed E-state index contributed by atoms with van der Waals surface area (Å²) in [6, 6.07) is 6.58. The van der Waals surface area contributed by atoms with Crippen molar-refractivity contribution in [3.8, 4) is 0 Å². The number of aliphatic carboxylic acids is 1. The Kier molecular flexibility index (Phi) is 4.88. The monoisotopic (exact) mass is 266 g/mol. The molecular weight excluding hydrogens is 248 g/mol. The molecule has 0 saturated heterocycles. The summed E-state index contributed by atoms with van der Waals surface area (Å²) in [6.45, 7) is 3.20. The Hall–Kier alpha value is -2.08. The summed E-state index contributed by atoms with van der Waals surface area (Å²) >= 11 is 0. The van der Waals surface area contributed by atoms with Crippen molar-refractivity contribution in [2.24, 2.45) is 0 Å². The lowest BCUT2D eigenvalue weighted by Gasteiger charge is -2.25. The van der Waals surface area contributed by atoms with Crippen molar-refractivity contribution in [3.63, 3.8) is 0 Å². The first-order valence-corrected chi connectivity index (χ1v) is 5.75. The minimum Gasteiger partial charge on any atom is -0.479 e. The van der Waals surface area contributed by atoms with Gasteiger partial charge in [-0.3, -0.25) is 0 Å². The van der Waals surface area contributed by atoms with Gasteiger partial charge in [-0.2, -0.15) is 0 Å². The number of methoxy groups -OCH3 is 1. The molecule has 0 spiro atoms. The fourth-order valence-corrected chi connectivity index (χ4v) is 1.49. The maximum Gasteiger partial charge on any atom is 0.331 e. The third kappa shape index (κ3) is 4.26. The van der Waals surface area contributed by atoms with Crippen molar-refractivity contribution in [1.29, 1.82) is 0 Å². The Morgan fingerprint density at radius 2 is 1.89 bits per heavy atom. The number of carbonyl (C=O) groups is 2. The van der Waals surface area contributed by atoms with E-state index in [-0.39, 0.29) is 6.61 Å². The van der Waals surface area contributed by atoms with E-state index in [0.29, 0.717) is 5.69 Å². The van der Waals surface area contributed by atoms with Crippen molar-refractivity contribution >= 4 is 17.7 Å². The SMILES string of the molecule is COCC(C)(NC(=O)Nc1ccc(C)cc1)C(=O)O. The van der Waals surface area contributed by atoms with E-state index in [1.807, 2.05) is 19.1 Å². The van der Waals surface area contributed by atoms with Gasteiger partial charge in [0.15, 0.2) is 5.54 Å². The van der Waals surface area contributed by atoms with E-state index >= 15 is 0 Å². The molecule has 104 valence electrons. The molecule has 0 fully saturated rings. The normalized spacial score (nSPS) is 13.4. The summed E-state index contributed by atoms with van der Waals surface area (Å²) in [5, 5.41) is 14.0. The van der Waals surface area contributed by atoms with Crippen molar-refractivity contribution < 1.29 is 19.4 Å². The average molecular weight is 266 g/mol. The summed E-state index contributed by atoms with van der Waals surface area (Å²) in [6.07, 6.45) is 0. The van der Waals surface area contributed by atoms with Gasteiger partial charge in [0.1, 0.15) is 0 Å². The molecule has 6 nitrogen and oxygen atoms in total. The molecule has 1 atom stereocenters. The number of carbonyl (C=O) groups excluding carboxylic acids is 1. The van der Waals surface area contributed by atoms with Crippen molar-refractivity contribution in [3.05, 3.63) is 29.8 Å². The second kappa shape index (κ2) is 6.19. The molecule has 0 aliphatic rings. The second-order valence-electron chi connectivity index (χ2n) is 4.52. The van der Waals surface area contributed by atoms with Crippen LogP contribution in [-0.2, 0) is 9.53 Å². The molecule has 2 amide bonds. The van der Waals surface area contributed by atoms with Gasteiger partial charge in [0.05, 0.1) is 6.61 Å². The number of nitrogens with one attached hydrogen (secondary N) is 2. The van der Waals surface area contributed by atoms with Gasteiger partial charge >= 0.3 is 12.0 Å². The molecule has 6 heteroatoms. The van der Waals surface area contributed by atoms with Crippen molar-refractivity contribution in [2.75, 3.05) is 19.0 Å². The summed E-state index contributed by atoms with van der Waals surface area (Å²) in [4.78, 5) is 22.9. The van der Waals surface area contributed by atoms with Crippen LogP contribution in [0.5, 0.6) is 0 Å². The Bertz CT molecular complexity index is 458. The molecule has 1 rings (SSSR count). The number of hydrogen-bond acceptors (Lipinski definition) is 3. The zero-order valence-corrected chi connectivity index (χ0v) is 11.2. The van der Waals surface area contributed by atoms with E-state index in [1.165, 1.54) is 14.0 Å². The molecular formula is C13H18N2O4. The Balaban J connectivity index is 2.68. The number of amides is 2. The highest BCUT2D eigenvalue weighted by atomic mass is 16.5. The third-order valence-corrected chi connectivity index (χ3v) is 2.60. The van der Waals surface area contributed by atoms with Crippen LogP contribution in [0.25, 0.3) is 0 Å². The lowest BCUT2D eigenvalue weighted by molar-refractivity contribution is -0.145. The number of carboxylic acids is 1. The van der Waals surface area contributed by atoms with Crippen LogP contribution < -0.4 is 10.6 Å². The van der Waals surface area contributed by atoms with Gasteiger partial charge < -0.3 is 20.5 Å². The number of ether oxygens (including phenoxy) is 1. The van der Waals surface area contributed by atoms with Crippen LogP contribution in [0, 0.1) is 6.92 Å². The standard InChI is InChI=1S/C13H18N2O4/c1-9-4-6-10(7-5-9)14-12(18)15-13(2,8-19-3)11(16)17/h4-7H,8H2,1-3H3,(H,16,17)(H2,14,15,18). The highest BCUT2D eigenvalue weighted by Gasteiger charge is 2.35. The van der Waals surface area contributed by atoms with Crippen LogP contribution in [0.15, 0.2) is 24.3 Å². The Morgan fingerprint density at radius 1 is 1.32 bits per heavy atom. The number of carboxylic acid groups (broad SMARTS) is 1. The van der Waals surface area contributed by atoms with E-state index in [9.17, 15) is 9.59 Å². The van der Waals surface area contributed by atoms with E-state index in [4.69, 9.17) is 9.84 Å². The maximum atomic E-state index is 11.8. The summed E-state index contributed by atoms with van der Waals surface area (Å²) < 4.78 is 4.81. The van der Waals surface area contributed by atoms with Crippen LogP contribution in [0.1, 0.15) is 12.5 Å². The summed E-state index contributed by atoms with van der Waals surface area (Å²) in [7, 11) is 1.38. The summed E-state index contributed by atoms with van der Waals surface area (Å²) in [5.41, 5.74) is 0.192. The molecule has 19 heavy (non-hydrogen) atoms. The number of aryl methyl sites for hydroxylation is 1. The maximum absolute atomic E-state index is 11.8. The topological polar surface area (TPSA) is 87.7 Å². The van der Waals surface area contributed by atoms with Crippen LogP contribution in [0.3, 0.4) is 0 Å². The van der Waals surface area contributed by atoms with Gasteiger partial charge in [-0.1, -0.05) is 17.7 Å². The molecule has 0 aromatic heterocycles. The highest BCUT2D eigenvalue weighted by molar-refractivity contribution is 5.93. The molecule has 1 unspecified atom stereocenters. The van der Waals surface area contributed by atoms with Gasteiger partial charge in [-0.05, 0) is 26.0 Å². The van der Waals surface area contributed by atoms with Crippen LogP contribution >= 0.6 is 0 Å². The number of urea groups is 1. The predicted molar refractivity (Wildman–Crippen MR) is 71.3 cm³/mol. The fourth-order valence-electron chi connectivity index (χ4n) is 1.49. The van der Waals surface area contributed by atoms with E-state index in [0.717, 1.165) is 5.56 Å². The quantitative estimate of drug-likeness (QED) is 0.755. The van der Waals surface area contributed by atoms with E-state index in [2.05, 4.69) is 10.6 Å². The van der Waals surface area contributed by atoms with Crippen molar-refractivity contribution in [2.45, 2.75) is 19.4 Å². The molecule has 1 aromatic rings. The zero-order chi connectivity index (χ0) is 14.5. The van der Waals surface area contributed by atoms with Crippen molar-refractivity contribution in [1.82, 2.24) is 5.32 Å². The average Bonchev–Trinajstić information content (AvgIpc) is 2.32. The minimum atomic E-state index is -1.47. The molecule has 0 bridgehead atoms. The summed E-state index contributed by atoms with van der Waals surface area (Å²) in [5.74, 6) is -1.16. The lowest BCUT2D eigenvalue weighted by atomic mass is 10.1. The first-order valence-electron chi connectivity index (χ1n) is 5.75. The number of rotatable bonds is 5. The van der Waals surface area contributed by atoms with Gasteiger partial charge in [0.2, 0.25) is 0 Å². The molecule has 0 radical (unpaired) electrons. The smallest absolute Gasteiger partial charge is 0.331 e. The highest BCUT2D eigenvalue weighted by Crippen LogP contribution is 2.10. The predicted octanol–water partition coefficient (Wildman–Crippen LogP) is 1.61. The first-order chi connectivity index (χ1) is 8.87. The van der Waals surface area contributed by atoms with Crippen LogP contribution in [-0.4, -0.2) is 36.4 Å². The van der Waals surface area contributed by atoms with Gasteiger partial charge in [-0.25, -0.2) is 9.59 Å². The molecule has 0 heterocycles. The Morgan fingerprint density at radius 3 is 2.37 bits per heavy atom. The number of benzene rings is 1. The molecule has 0 saturated carbocycles. The first kappa shape index (κ1) is 15.0.